The van der Waals surface area contributed by atoms with Crippen LogP contribution in [0.2, 0.25) is 10.0 Å². The summed E-state index contributed by atoms with van der Waals surface area (Å²) >= 11 is 5.95. The molecule has 2 atom stereocenters. The van der Waals surface area contributed by atoms with Crippen LogP contribution in [0, 0.1) is 20.2 Å². The third-order valence-electron chi connectivity index (χ3n) is 2.61. The van der Waals surface area contributed by atoms with Crippen molar-refractivity contribution in [2.45, 2.75) is 9.79 Å². The molecular weight excluding hydrogens is 573 g/mol. The van der Waals surface area contributed by atoms with Gasteiger partial charge in [-0.1, -0.05) is 23.2 Å². The summed E-state index contributed by atoms with van der Waals surface area (Å²) in [6.45, 7) is 0. The third-order valence-corrected chi connectivity index (χ3v) is 4.53. The second-order valence-electron chi connectivity index (χ2n) is 4.21. The molecule has 0 aliphatic heterocycles. The number of nitro groups is 2. The summed E-state index contributed by atoms with van der Waals surface area (Å²) in [4.78, 5) is 18.8. The molecule has 0 N–H and O–H groups in total. The van der Waals surface area contributed by atoms with Crippen LogP contribution in [0.3, 0.4) is 0 Å². The van der Waals surface area contributed by atoms with Gasteiger partial charge in [0.05, 0.1) is 9.85 Å². The molecule has 27 heavy (non-hydrogen) atoms. The van der Waals surface area contributed by atoms with Gasteiger partial charge in [-0.3, -0.25) is 28.6 Å². The van der Waals surface area contributed by atoms with Crippen molar-refractivity contribution in [1.29, 1.82) is 0 Å². The van der Waals surface area contributed by atoms with E-state index in [1.165, 1.54) is 24.3 Å². The normalized spacial score (nSPS) is 12.0. The maximum absolute atomic E-state index is 10.4. The minimum atomic E-state index is -2.48. The summed E-state index contributed by atoms with van der Waals surface area (Å²) < 4.78 is 41.7. The van der Waals surface area contributed by atoms with E-state index in [0.717, 1.165) is 12.1 Å². The van der Waals surface area contributed by atoms with Gasteiger partial charge in [-0.2, -0.15) is 0 Å². The number of rotatable bonds is 4. The van der Waals surface area contributed by atoms with Gasteiger partial charge in [-0.05, 0) is 46.4 Å². The first-order chi connectivity index (χ1) is 12.0. The standard InChI is InChI=1S/2C6H4ClNO4S.Ba/c2*7-5-2-1-4(13(11)12)3-6(5)8(9)10;/h2*1-3H,(H,11,12);/q;;+2/p-2. The zero-order valence-electron chi connectivity index (χ0n) is 12.9. The van der Waals surface area contributed by atoms with Gasteiger partial charge in [0.25, 0.3) is 11.4 Å². The average Bonchev–Trinajstić information content (AvgIpc) is 2.55. The van der Waals surface area contributed by atoms with E-state index in [-0.39, 0.29) is 68.7 Å². The van der Waals surface area contributed by atoms with Crippen LogP contribution in [-0.2, 0) is 22.2 Å². The van der Waals surface area contributed by atoms with E-state index in [0.29, 0.717) is 0 Å². The van der Waals surface area contributed by atoms with Crippen molar-refractivity contribution in [3.8, 4) is 0 Å². The van der Waals surface area contributed by atoms with Crippen LogP contribution < -0.4 is 0 Å². The van der Waals surface area contributed by atoms with Crippen LogP contribution >= 0.6 is 23.2 Å². The molecule has 0 bridgehead atoms. The fourth-order valence-electron chi connectivity index (χ4n) is 1.47. The Hall–Kier alpha value is -0.389. The van der Waals surface area contributed by atoms with Gasteiger partial charge in [0.2, 0.25) is 0 Å². The molecule has 0 aliphatic carbocycles. The van der Waals surface area contributed by atoms with Crippen LogP contribution in [0.1, 0.15) is 0 Å². The van der Waals surface area contributed by atoms with E-state index in [1.54, 1.807) is 0 Å². The molecule has 140 valence electrons. The quantitative estimate of drug-likeness (QED) is 0.231. The van der Waals surface area contributed by atoms with Crippen LogP contribution in [0.15, 0.2) is 46.2 Å². The maximum Gasteiger partial charge on any atom is 2.00 e. The summed E-state index contributed by atoms with van der Waals surface area (Å²) in [6.07, 6.45) is 0. The van der Waals surface area contributed by atoms with Crippen molar-refractivity contribution in [2.75, 3.05) is 0 Å². The molecule has 0 saturated heterocycles. The van der Waals surface area contributed by atoms with Crippen molar-refractivity contribution >= 4 is 106 Å². The molecule has 0 aliphatic rings. The molecule has 10 nitrogen and oxygen atoms in total. The minimum absolute atomic E-state index is 0. The molecule has 0 heterocycles. The van der Waals surface area contributed by atoms with Gasteiger partial charge in [-0.25, -0.2) is 0 Å². The minimum Gasteiger partial charge on any atom is -0.768 e. The number of nitrogens with zero attached hydrogens (tertiary/aromatic N) is 2. The third kappa shape index (κ3) is 8.25. The fourth-order valence-corrected chi connectivity index (χ4v) is 2.62. The molecule has 0 spiro atoms. The van der Waals surface area contributed by atoms with E-state index in [9.17, 15) is 37.8 Å². The Bertz CT molecular complexity index is 841. The number of benzene rings is 2. The number of hydrogen-bond donors (Lipinski definition) is 0. The van der Waals surface area contributed by atoms with E-state index >= 15 is 0 Å². The topological polar surface area (TPSA) is 167 Å². The molecule has 0 saturated carbocycles. The zero-order chi connectivity index (χ0) is 20.0. The maximum atomic E-state index is 10.4. The zero-order valence-corrected chi connectivity index (χ0v) is 20.5. The Balaban J connectivity index is 0.000000483. The first-order valence-electron chi connectivity index (χ1n) is 6.11. The number of halogens is 2. The van der Waals surface area contributed by atoms with E-state index in [1.807, 2.05) is 0 Å². The molecule has 15 heteroatoms. The smallest absolute Gasteiger partial charge is 0.768 e. The molecule has 2 aromatic rings. The Labute approximate surface area is 207 Å². The summed E-state index contributed by atoms with van der Waals surface area (Å²) in [6, 6.07) is 6.55. The molecule has 0 amide bonds. The van der Waals surface area contributed by atoms with Crippen LogP contribution in [0.25, 0.3) is 0 Å². The molecular formula is C12H6BaCl2N2O8S2. The van der Waals surface area contributed by atoms with Gasteiger partial charge >= 0.3 is 48.9 Å². The summed E-state index contributed by atoms with van der Waals surface area (Å²) in [5.41, 5.74) is -0.827. The molecule has 0 fully saturated rings. The predicted octanol–water partition coefficient (Wildman–Crippen LogP) is 2.59. The summed E-state index contributed by atoms with van der Waals surface area (Å²) in [5.74, 6) is 0. The van der Waals surface area contributed by atoms with E-state index < -0.39 is 43.4 Å². The van der Waals surface area contributed by atoms with Crippen molar-refractivity contribution in [3.05, 3.63) is 66.7 Å². The summed E-state index contributed by atoms with van der Waals surface area (Å²) in [5, 5.41) is 20.5. The van der Waals surface area contributed by atoms with Crippen molar-refractivity contribution in [3.63, 3.8) is 0 Å². The molecule has 0 radical (unpaired) electrons. The molecule has 0 aromatic heterocycles. The molecule has 2 unspecified atom stereocenters. The van der Waals surface area contributed by atoms with E-state index in [2.05, 4.69) is 0 Å². The number of hydrogen-bond acceptors (Lipinski definition) is 8. The van der Waals surface area contributed by atoms with Gasteiger partial charge in [0, 0.05) is 21.9 Å². The Morgan fingerprint density at radius 1 is 0.741 bits per heavy atom. The largest absolute Gasteiger partial charge is 2.00 e. The predicted molar refractivity (Wildman–Crippen MR) is 96.3 cm³/mol. The Kier molecular flexibility index (Phi) is 12.1. The Morgan fingerprint density at radius 2 is 1.04 bits per heavy atom. The Morgan fingerprint density at radius 3 is 1.26 bits per heavy atom. The van der Waals surface area contributed by atoms with Crippen LogP contribution in [0.4, 0.5) is 11.4 Å². The van der Waals surface area contributed by atoms with Crippen LogP contribution in [0.5, 0.6) is 0 Å². The average molecular weight is 579 g/mol. The van der Waals surface area contributed by atoms with Gasteiger partial charge < -0.3 is 9.11 Å². The van der Waals surface area contributed by atoms with Gasteiger partial charge in [0.15, 0.2) is 0 Å². The second kappa shape index (κ2) is 12.2. The van der Waals surface area contributed by atoms with Gasteiger partial charge in [0.1, 0.15) is 10.0 Å². The SMILES string of the molecule is O=[N+]([O-])c1cc(S(=O)[O-])ccc1Cl.O=[N+]([O-])c1cc(S(=O)[O-])ccc1Cl.[Ba+2]. The first kappa shape index (κ1) is 26.6. The fraction of sp³-hybridized carbons (Fsp3) is 0. The monoisotopic (exact) mass is 578 g/mol. The summed E-state index contributed by atoms with van der Waals surface area (Å²) in [7, 11) is 0. The first-order valence-corrected chi connectivity index (χ1v) is 9.01. The molecule has 2 rings (SSSR count). The van der Waals surface area contributed by atoms with Gasteiger partial charge in [-0.15, -0.1) is 0 Å². The van der Waals surface area contributed by atoms with Crippen molar-refractivity contribution in [2.24, 2.45) is 0 Å². The van der Waals surface area contributed by atoms with Crippen molar-refractivity contribution < 1.29 is 27.4 Å². The van der Waals surface area contributed by atoms with Crippen LogP contribution in [-0.4, -0.2) is 76.3 Å². The number of nitro benzene ring substituents is 2. The molecule has 2 aromatic carbocycles. The van der Waals surface area contributed by atoms with E-state index in [4.69, 9.17) is 23.2 Å². The van der Waals surface area contributed by atoms with Crippen molar-refractivity contribution in [1.82, 2.24) is 0 Å². The second-order valence-corrected chi connectivity index (χ2v) is 6.91.